The maximum atomic E-state index is 12.3. The van der Waals surface area contributed by atoms with Gasteiger partial charge in [0.05, 0.1) is 18.3 Å². The number of anilines is 1. The number of hydrogen-bond acceptors (Lipinski definition) is 5. The Bertz CT molecular complexity index is 1060. The van der Waals surface area contributed by atoms with Gasteiger partial charge < -0.3 is 10.6 Å². The standard InChI is InChI=1S/C19H20N4O3S/c1-11-6-12(2)17(13(3)7-11)22-15(24)8-20-16(25)9-23-10-21-18-14(19(23)26)4-5-27-18/h4-7,10H,8-9H2,1-3H3,(H,20,25)(H,22,24). The van der Waals surface area contributed by atoms with Gasteiger partial charge in [-0.3, -0.25) is 19.0 Å². The van der Waals surface area contributed by atoms with Crippen molar-refractivity contribution in [3.63, 3.8) is 0 Å². The van der Waals surface area contributed by atoms with Crippen LogP contribution in [0, 0.1) is 20.8 Å². The van der Waals surface area contributed by atoms with Gasteiger partial charge in [0, 0.05) is 5.69 Å². The first-order valence-electron chi connectivity index (χ1n) is 8.42. The monoisotopic (exact) mass is 384 g/mol. The number of hydrogen-bond donors (Lipinski definition) is 2. The molecule has 0 unspecified atom stereocenters. The summed E-state index contributed by atoms with van der Waals surface area (Å²) in [5, 5.41) is 7.62. The summed E-state index contributed by atoms with van der Waals surface area (Å²) in [6.07, 6.45) is 1.35. The topological polar surface area (TPSA) is 93.1 Å². The van der Waals surface area contributed by atoms with Gasteiger partial charge in [0.1, 0.15) is 11.4 Å². The number of rotatable bonds is 5. The first-order chi connectivity index (χ1) is 12.8. The number of carbonyl (C=O) groups excluding carboxylic acids is 2. The van der Waals surface area contributed by atoms with E-state index in [9.17, 15) is 14.4 Å². The lowest BCUT2D eigenvalue weighted by atomic mass is 10.1. The molecule has 8 heteroatoms. The zero-order chi connectivity index (χ0) is 19.6. The molecule has 0 aliphatic rings. The van der Waals surface area contributed by atoms with Crippen molar-refractivity contribution >= 4 is 39.1 Å². The first-order valence-corrected chi connectivity index (χ1v) is 9.30. The molecule has 140 valence electrons. The molecule has 2 amide bonds. The van der Waals surface area contributed by atoms with Gasteiger partial charge >= 0.3 is 0 Å². The fourth-order valence-corrected chi connectivity index (χ4v) is 3.68. The van der Waals surface area contributed by atoms with Crippen molar-refractivity contribution in [1.29, 1.82) is 0 Å². The quantitative estimate of drug-likeness (QED) is 0.705. The van der Waals surface area contributed by atoms with Crippen molar-refractivity contribution in [1.82, 2.24) is 14.9 Å². The predicted octanol–water partition coefficient (Wildman–Crippen LogP) is 2.14. The molecule has 0 fully saturated rings. The molecule has 0 saturated heterocycles. The molecule has 2 N–H and O–H groups in total. The Morgan fingerprint density at radius 2 is 1.85 bits per heavy atom. The van der Waals surface area contributed by atoms with Crippen LogP contribution >= 0.6 is 11.3 Å². The number of nitrogens with zero attached hydrogens (tertiary/aromatic N) is 2. The second kappa shape index (κ2) is 7.71. The molecule has 0 atom stereocenters. The summed E-state index contributed by atoms with van der Waals surface area (Å²) in [7, 11) is 0. The number of fused-ring (bicyclic) bond motifs is 1. The number of thiophene rings is 1. The molecule has 1 aromatic carbocycles. The fourth-order valence-electron chi connectivity index (χ4n) is 2.96. The van der Waals surface area contributed by atoms with E-state index < -0.39 is 5.91 Å². The summed E-state index contributed by atoms with van der Waals surface area (Å²) in [5.41, 5.74) is 3.54. The van der Waals surface area contributed by atoms with Gasteiger partial charge in [-0.25, -0.2) is 4.98 Å². The molecule has 0 spiro atoms. The molecule has 0 saturated carbocycles. The van der Waals surface area contributed by atoms with E-state index in [0.717, 1.165) is 22.4 Å². The van der Waals surface area contributed by atoms with E-state index in [-0.39, 0.29) is 24.6 Å². The highest BCUT2D eigenvalue weighted by atomic mass is 32.1. The Morgan fingerprint density at radius 1 is 1.15 bits per heavy atom. The smallest absolute Gasteiger partial charge is 0.262 e. The second-order valence-corrected chi connectivity index (χ2v) is 7.31. The van der Waals surface area contributed by atoms with E-state index >= 15 is 0 Å². The zero-order valence-electron chi connectivity index (χ0n) is 15.3. The van der Waals surface area contributed by atoms with Crippen LogP contribution in [0.25, 0.3) is 10.2 Å². The largest absolute Gasteiger partial charge is 0.345 e. The van der Waals surface area contributed by atoms with Crippen molar-refractivity contribution in [2.24, 2.45) is 0 Å². The normalized spacial score (nSPS) is 10.8. The molecule has 0 aliphatic heterocycles. The van der Waals surface area contributed by atoms with Crippen LogP contribution < -0.4 is 16.2 Å². The molecule has 0 bridgehead atoms. The van der Waals surface area contributed by atoms with Crippen molar-refractivity contribution in [2.75, 3.05) is 11.9 Å². The van der Waals surface area contributed by atoms with Crippen LogP contribution in [0.5, 0.6) is 0 Å². The summed E-state index contributed by atoms with van der Waals surface area (Å²) in [4.78, 5) is 41.3. The maximum absolute atomic E-state index is 12.3. The minimum absolute atomic E-state index is 0.172. The lowest BCUT2D eigenvalue weighted by molar-refractivity contribution is -0.124. The average molecular weight is 384 g/mol. The van der Waals surface area contributed by atoms with Gasteiger partial charge in [-0.1, -0.05) is 17.7 Å². The van der Waals surface area contributed by atoms with Crippen LogP contribution in [0.3, 0.4) is 0 Å². The highest BCUT2D eigenvalue weighted by Gasteiger charge is 2.12. The zero-order valence-corrected chi connectivity index (χ0v) is 16.1. The molecule has 7 nitrogen and oxygen atoms in total. The Kier molecular flexibility index (Phi) is 5.36. The molecular weight excluding hydrogens is 364 g/mol. The molecule has 2 heterocycles. The lowest BCUT2D eigenvalue weighted by Crippen LogP contribution is -2.37. The highest BCUT2D eigenvalue weighted by Crippen LogP contribution is 2.21. The van der Waals surface area contributed by atoms with Gasteiger partial charge in [-0.15, -0.1) is 11.3 Å². The number of nitrogens with one attached hydrogen (secondary N) is 2. The third-order valence-corrected chi connectivity index (χ3v) is 4.97. The van der Waals surface area contributed by atoms with E-state index in [4.69, 9.17) is 0 Å². The summed E-state index contributed by atoms with van der Waals surface area (Å²) in [6, 6.07) is 5.66. The Labute approximate surface area is 160 Å². The molecule has 27 heavy (non-hydrogen) atoms. The Morgan fingerprint density at radius 3 is 2.56 bits per heavy atom. The first kappa shape index (κ1) is 18.8. The minimum Gasteiger partial charge on any atom is -0.345 e. The van der Waals surface area contributed by atoms with Crippen molar-refractivity contribution in [3.8, 4) is 0 Å². The maximum Gasteiger partial charge on any atom is 0.262 e. The van der Waals surface area contributed by atoms with Crippen LogP contribution in [0.4, 0.5) is 5.69 Å². The lowest BCUT2D eigenvalue weighted by Gasteiger charge is -2.13. The van der Waals surface area contributed by atoms with Gasteiger partial charge in [0.2, 0.25) is 11.8 Å². The number of benzene rings is 1. The molecule has 0 radical (unpaired) electrons. The minimum atomic E-state index is -0.430. The third-order valence-electron chi connectivity index (χ3n) is 4.15. The van der Waals surface area contributed by atoms with E-state index in [0.29, 0.717) is 10.2 Å². The molecular formula is C19H20N4O3S. The van der Waals surface area contributed by atoms with Crippen LogP contribution in [0.1, 0.15) is 16.7 Å². The van der Waals surface area contributed by atoms with Gasteiger partial charge in [-0.2, -0.15) is 0 Å². The highest BCUT2D eigenvalue weighted by molar-refractivity contribution is 7.16. The van der Waals surface area contributed by atoms with E-state index in [1.807, 2.05) is 32.9 Å². The second-order valence-electron chi connectivity index (χ2n) is 6.42. The summed E-state index contributed by atoms with van der Waals surface area (Å²) < 4.78 is 1.23. The molecule has 3 aromatic rings. The van der Waals surface area contributed by atoms with E-state index in [2.05, 4.69) is 15.6 Å². The summed E-state index contributed by atoms with van der Waals surface area (Å²) in [6.45, 7) is 5.49. The van der Waals surface area contributed by atoms with Crippen molar-refractivity contribution in [3.05, 3.63) is 57.0 Å². The number of amides is 2. The van der Waals surface area contributed by atoms with Crippen LogP contribution in [-0.2, 0) is 16.1 Å². The van der Waals surface area contributed by atoms with Crippen LogP contribution in [0.2, 0.25) is 0 Å². The van der Waals surface area contributed by atoms with Crippen LogP contribution in [-0.4, -0.2) is 27.9 Å². The third kappa shape index (κ3) is 4.22. The number of carbonyl (C=O) groups is 2. The molecule has 3 rings (SSSR count). The van der Waals surface area contributed by atoms with E-state index in [1.54, 1.807) is 11.4 Å². The van der Waals surface area contributed by atoms with Crippen molar-refractivity contribution < 1.29 is 9.59 Å². The Balaban J connectivity index is 1.59. The summed E-state index contributed by atoms with van der Waals surface area (Å²) in [5.74, 6) is -0.752. The van der Waals surface area contributed by atoms with Crippen LogP contribution in [0.15, 0.2) is 34.7 Å². The van der Waals surface area contributed by atoms with Gasteiger partial charge in [-0.05, 0) is 43.3 Å². The fraction of sp³-hybridized carbons (Fsp3) is 0.263. The molecule has 0 aliphatic carbocycles. The Hall–Kier alpha value is -3.00. The van der Waals surface area contributed by atoms with Gasteiger partial charge in [0.15, 0.2) is 0 Å². The predicted molar refractivity (Wildman–Crippen MR) is 106 cm³/mol. The molecule has 2 aromatic heterocycles. The number of aromatic nitrogens is 2. The SMILES string of the molecule is Cc1cc(C)c(NC(=O)CNC(=O)Cn2cnc3sccc3c2=O)c(C)c1. The number of aryl methyl sites for hydroxylation is 3. The van der Waals surface area contributed by atoms with Gasteiger partial charge in [0.25, 0.3) is 5.56 Å². The van der Waals surface area contributed by atoms with Crippen molar-refractivity contribution in [2.45, 2.75) is 27.3 Å². The summed E-state index contributed by atoms with van der Waals surface area (Å²) >= 11 is 1.37. The average Bonchev–Trinajstić information content (AvgIpc) is 3.08. The van der Waals surface area contributed by atoms with E-state index in [1.165, 1.54) is 22.2 Å².